The molecule has 0 spiro atoms. The smallest absolute Gasteiger partial charge is 0.355 e. The average Bonchev–Trinajstić information content (AvgIpc) is 2.91. The van der Waals surface area contributed by atoms with Gasteiger partial charge >= 0.3 is 5.97 Å². The zero-order valence-electron chi connectivity index (χ0n) is 17.8. The first-order valence-electron chi connectivity index (χ1n) is 9.49. The number of nitrogens with zero attached hydrogens (tertiary/aromatic N) is 2. The van der Waals surface area contributed by atoms with Gasteiger partial charge in [0.15, 0.2) is 5.78 Å². The van der Waals surface area contributed by atoms with E-state index in [0.717, 1.165) is 0 Å². The van der Waals surface area contributed by atoms with E-state index >= 15 is 0 Å². The van der Waals surface area contributed by atoms with E-state index in [4.69, 9.17) is 14.2 Å². The quantitative estimate of drug-likeness (QED) is 0.305. The number of amides is 1. The summed E-state index contributed by atoms with van der Waals surface area (Å²) in [6, 6.07) is 0. The fourth-order valence-corrected chi connectivity index (χ4v) is 3.32. The first kappa shape index (κ1) is 23.8. The first-order valence-corrected chi connectivity index (χ1v) is 9.49. The summed E-state index contributed by atoms with van der Waals surface area (Å²) in [5.41, 5.74) is 2.13. The molecular formula is C20H32N2O6. The number of Topliss-reactive ketones (excluding diaryl/α,β-unsaturated/α-hetero) is 1. The van der Waals surface area contributed by atoms with E-state index in [1.54, 1.807) is 32.4 Å². The molecule has 158 valence electrons. The Labute approximate surface area is 166 Å². The molecule has 0 aliphatic heterocycles. The SMILES string of the molecule is CCOC(=O)c1c(C)c(C(=O)CN(CCCOC)C(=O)COC)c(C)n1CC. The number of hydrogen-bond donors (Lipinski definition) is 0. The molecule has 1 heterocycles. The van der Waals surface area contributed by atoms with Gasteiger partial charge in [-0.15, -0.1) is 0 Å². The van der Waals surface area contributed by atoms with Gasteiger partial charge in [0, 0.05) is 45.2 Å². The maximum atomic E-state index is 13.1. The first-order chi connectivity index (χ1) is 13.3. The van der Waals surface area contributed by atoms with E-state index in [-0.39, 0.29) is 31.4 Å². The average molecular weight is 396 g/mol. The van der Waals surface area contributed by atoms with Gasteiger partial charge in [0.05, 0.1) is 13.2 Å². The van der Waals surface area contributed by atoms with Crippen molar-refractivity contribution in [2.24, 2.45) is 0 Å². The van der Waals surface area contributed by atoms with Crippen LogP contribution in [0.2, 0.25) is 0 Å². The summed E-state index contributed by atoms with van der Waals surface area (Å²) in [5.74, 6) is -0.922. The lowest BCUT2D eigenvalue weighted by Crippen LogP contribution is -2.39. The summed E-state index contributed by atoms with van der Waals surface area (Å²) in [4.78, 5) is 39.2. The molecule has 0 N–H and O–H groups in total. The van der Waals surface area contributed by atoms with Crippen molar-refractivity contribution < 1.29 is 28.6 Å². The molecule has 0 atom stereocenters. The molecule has 0 saturated heterocycles. The molecule has 0 radical (unpaired) electrons. The van der Waals surface area contributed by atoms with Crippen LogP contribution in [0.3, 0.4) is 0 Å². The topological polar surface area (TPSA) is 87.1 Å². The van der Waals surface area contributed by atoms with Gasteiger partial charge in [0.2, 0.25) is 5.91 Å². The molecule has 0 aliphatic carbocycles. The van der Waals surface area contributed by atoms with Crippen molar-refractivity contribution in [1.82, 2.24) is 9.47 Å². The van der Waals surface area contributed by atoms with Crippen LogP contribution < -0.4 is 0 Å². The molecule has 1 aromatic heterocycles. The van der Waals surface area contributed by atoms with Crippen LogP contribution in [0.25, 0.3) is 0 Å². The molecule has 1 amide bonds. The number of ether oxygens (including phenoxy) is 3. The fourth-order valence-electron chi connectivity index (χ4n) is 3.32. The Balaban J connectivity index is 3.17. The number of ketones is 1. The Hall–Kier alpha value is -2.19. The minimum absolute atomic E-state index is 0.0798. The van der Waals surface area contributed by atoms with Gasteiger partial charge in [-0.25, -0.2) is 4.79 Å². The predicted molar refractivity (Wildman–Crippen MR) is 105 cm³/mol. The Morgan fingerprint density at radius 2 is 1.75 bits per heavy atom. The van der Waals surface area contributed by atoms with Gasteiger partial charge in [0.1, 0.15) is 12.3 Å². The van der Waals surface area contributed by atoms with Gasteiger partial charge in [0.25, 0.3) is 0 Å². The number of carbonyl (C=O) groups is 3. The number of aromatic nitrogens is 1. The minimum atomic E-state index is -0.448. The summed E-state index contributed by atoms with van der Waals surface area (Å²) >= 11 is 0. The predicted octanol–water partition coefficient (Wildman–Crippen LogP) is 2.00. The molecule has 0 saturated carbocycles. The van der Waals surface area contributed by atoms with Crippen molar-refractivity contribution in [1.29, 1.82) is 0 Å². The van der Waals surface area contributed by atoms with Crippen molar-refractivity contribution in [3.8, 4) is 0 Å². The molecular weight excluding hydrogens is 364 g/mol. The second-order valence-electron chi connectivity index (χ2n) is 6.42. The van der Waals surface area contributed by atoms with Crippen molar-refractivity contribution in [3.63, 3.8) is 0 Å². The van der Waals surface area contributed by atoms with Crippen LogP contribution in [0.5, 0.6) is 0 Å². The number of rotatable bonds is 12. The molecule has 8 heteroatoms. The zero-order valence-corrected chi connectivity index (χ0v) is 17.8. The second-order valence-corrected chi connectivity index (χ2v) is 6.42. The van der Waals surface area contributed by atoms with Gasteiger partial charge in [-0.3, -0.25) is 9.59 Å². The van der Waals surface area contributed by atoms with Gasteiger partial charge < -0.3 is 23.7 Å². The molecule has 1 rings (SSSR count). The van der Waals surface area contributed by atoms with Gasteiger partial charge in [-0.05, 0) is 39.7 Å². The lowest BCUT2D eigenvalue weighted by atomic mass is 10.0. The minimum Gasteiger partial charge on any atom is -0.461 e. The molecule has 1 aromatic rings. The van der Waals surface area contributed by atoms with Crippen molar-refractivity contribution in [2.75, 3.05) is 47.1 Å². The van der Waals surface area contributed by atoms with Gasteiger partial charge in [-0.2, -0.15) is 0 Å². The number of carbonyl (C=O) groups excluding carboxylic acids is 3. The summed E-state index contributed by atoms with van der Waals surface area (Å²) in [6.45, 7) is 8.69. The fraction of sp³-hybridized carbons (Fsp3) is 0.650. The third-order valence-electron chi connectivity index (χ3n) is 4.56. The Morgan fingerprint density at radius 1 is 1.07 bits per heavy atom. The van der Waals surface area contributed by atoms with Crippen LogP contribution in [-0.4, -0.2) is 74.3 Å². The Morgan fingerprint density at radius 3 is 2.29 bits per heavy atom. The summed E-state index contributed by atoms with van der Waals surface area (Å²) < 4.78 is 16.9. The summed E-state index contributed by atoms with van der Waals surface area (Å²) in [7, 11) is 3.03. The molecule has 0 bridgehead atoms. The zero-order chi connectivity index (χ0) is 21.3. The van der Waals surface area contributed by atoms with Crippen LogP contribution in [0.15, 0.2) is 0 Å². The van der Waals surface area contributed by atoms with Crippen molar-refractivity contribution in [2.45, 2.75) is 40.7 Å². The summed E-state index contributed by atoms with van der Waals surface area (Å²) in [5, 5.41) is 0. The molecule has 0 aliphatic rings. The molecule has 0 fully saturated rings. The molecule has 0 aromatic carbocycles. The van der Waals surface area contributed by atoms with E-state index in [2.05, 4.69) is 0 Å². The van der Waals surface area contributed by atoms with Gasteiger partial charge in [-0.1, -0.05) is 0 Å². The van der Waals surface area contributed by atoms with Crippen LogP contribution in [-0.2, 0) is 25.5 Å². The highest BCUT2D eigenvalue weighted by Crippen LogP contribution is 2.24. The second kappa shape index (κ2) is 11.6. The van der Waals surface area contributed by atoms with Crippen LogP contribution in [0.1, 0.15) is 52.4 Å². The highest BCUT2D eigenvalue weighted by Gasteiger charge is 2.28. The Bertz CT molecular complexity index is 695. The van der Waals surface area contributed by atoms with Crippen molar-refractivity contribution in [3.05, 3.63) is 22.5 Å². The lowest BCUT2D eigenvalue weighted by Gasteiger charge is -2.22. The molecule has 8 nitrogen and oxygen atoms in total. The maximum absolute atomic E-state index is 13.1. The van der Waals surface area contributed by atoms with E-state index < -0.39 is 5.97 Å². The third-order valence-corrected chi connectivity index (χ3v) is 4.56. The highest BCUT2D eigenvalue weighted by atomic mass is 16.5. The standard InChI is InChI=1S/C20H32N2O6/c1-7-22-15(4)18(14(3)19(22)20(25)28-8-2)16(23)12-21(10-9-11-26-5)17(24)13-27-6/h7-13H2,1-6H3. The summed E-state index contributed by atoms with van der Waals surface area (Å²) in [6.07, 6.45) is 0.612. The normalized spacial score (nSPS) is 10.8. The van der Waals surface area contributed by atoms with Crippen LogP contribution in [0.4, 0.5) is 0 Å². The lowest BCUT2D eigenvalue weighted by molar-refractivity contribution is -0.134. The molecule has 28 heavy (non-hydrogen) atoms. The highest BCUT2D eigenvalue weighted by molar-refractivity contribution is 6.04. The number of esters is 1. The van der Waals surface area contributed by atoms with E-state index in [1.807, 2.05) is 6.92 Å². The maximum Gasteiger partial charge on any atom is 0.355 e. The van der Waals surface area contributed by atoms with E-state index in [9.17, 15) is 14.4 Å². The van der Waals surface area contributed by atoms with Crippen LogP contribution >= 0.6 is 0 Å². The Kier molecular flexibility index (Phi) is 9.89. The van der Waals surface area contributed by atoms with E-state index in [1.165, 1.54) is 12.0 Å². The number of methoxy groups -OCH3 is 2. The largest absolute Gasteiger partial charge is 0.461 e. The van der Waals surface area contributed by atoms with Crippen molar-refractivity contribution >= 4 is 17.7 Å². The number of hydrogen-bond acceptors (Lipinski definition) is 6. The monoisotopic (exact) mass is 396 g/mol. The third kappa shape index (κ3) is 5.65. The van der Waals surface area contributed by atoms with E-state index in [0.29, 0.717) is 48.6 Å². The van der Waals surface area contributed by atoms with Crippen LogP contribution in [0, 0.1) is 13.8 Å². The molecule has 0 unspecified atom stereocenters.